The fraction of sp³-hybridized carbons (Fsp3) is 0. The summed E-state index contributed by atoms with van der Waals surface area (Å²) in [6.07, 6.45) is 0. The van der Waals surface area contributed by atoms with Crippen molar-refractivity contribution in [1.29, 1.82) is 0 Å². The minimum Gasteiger partial charge on any atom is -0.456 e. The largest absolute Gasteiger partial charge is 0.456 e. The maximum Gasteiger partial charge on any atom is 0.164 e. The molecule has 0 aliphatic heterocycles. The third kappa shape index (κ3) is 4.81. The van der Waals surface area contributed by atoms with Gasteiger partial charge >= 0.3 is 0 Å². The van der Waals surface area contributed by atoms with Crippen molar-refractivity contribution in [3.63, 3.8) is 0 Å². The maximum absolute atomic E-state index is 6.65. The second-order valence-corrected chi connectivity index (χ2v) is 14.4. The molecule has 266 valence electrons. The van der Waals surface area contributed by atoms with Crippen LogP contribution in [0.25, 0.3) is 111 Å². The van der Waals surface area contributed by atoms with E-state index >= 15 is 0 Å². The first-order chi connectivity index (χ1) is 28.3. The number of fused-ring (bicyclic) bond motifs is 10. The molecule has 4 heterocycles. The van der Waals surface area contributed by atoms with Gasteiger partial charge in [0.2, 0.25) is 0 Å². The van der Waals surface area contributed by atoms with Crippen molar-refractivity contribution >= 4 is 65.6 Å². The van der Waals surface area contributed by atoms with Crippen LogP contribution < -0.4 is 0 Å². The van der Waals surface area contributed by atoms with E-state index in [2.05, 4.69) is 130 Å². The van der Waals surface area contributed by atoms with E-state index in [4.69, 9.17) is 19.4 Å². The quantitative estimate of drug-likeness (QED) is 0.177. The van der Waals surface area contributed by atoms with Gasteiger partial charge < -0.3 is 13.6 Å². The number of hydrogen-bond acceptors (Lipinski definition) is 4. The normalized spacial score (nSPS) is 11.9. The molecule has 0 saturated carbocycles. The number of hydrogen-bond donors (Lipinski definition) is 0. The summed E-state index contributed by atoms with van der Waals surface area (Å²) in [6.45, 7) is 0. The van der Waals surface area contributed by atoms with E-state index in [1.54, 1.807) is 0 Å². The first kappa shape index (κ1) is 31.5. The molecule has 0 unspecified atom stereocenters. The lowest BCUT2D eigenvalue weighted by atomic mass is 10.0. The molecule has 12 rings (SSSR count). The van der Waals surface area contributed by atoms with E-state index in [1.165, 1.54) is 21.8 Å². The van der Waals surface area contributed by atoms with Crippen LogP contribution in [0.3, 0.4) is 0 Å². The van der Waals surface area contributed by atoms with Crippen molar-refractivity contribution < 1.29 is 4.42 Å². The zero-order valence-electron chi connectivity index (χ0n) is 30.5. The van der Waals surface area contributed by atoms with Gasteiger partial charge in [0, 0.05) is 54.7 Å². The monoisotopic (exact) mass is 729 g/mol. The molecular weight excluding hydrogens is 699 g/mol. The molecule has 0 aliphatic rings. The third-order valence-corrected chi connectivity index (χ3v) is 11.2. The van der Waals surface area contributed by atoms with E-state index in [0.717, 1.165) is 71.8 Å². The van der Waals surface area contributed by atoms with Crippen molar-refractivity contribution in [2.24, 2.45) is 0 Å². The Labute approximate surface area is 326 Å². The topological polar surface area (TPSA) is 61.7 Å². The van der Waals surface area contributed by atoms with Gasteiger partial charge in [-0.15, -0.1) is 0 Å². The number of para-hydroxylation sites is 4. The molecular formula is C51H31N5O. The van der Waals surface area contributed by atoms with E-state index in [1.807, 2.05) is 66.7 Å². The number of nitrogens with zero attached hydrogens (tertiary/aromatic N) is 5. The molecule has 6 heteroatoms. The van der Waals surface area contributed by atoms with Gasteiger partial charge in [-0.1, -0.05) is 127 Å². The Kier molecular flexibility index (Phi) is 6.83. The summed E-state index contributed by atoms with van der Waals surface area (Å²) in [6, 6.07) is 65.5. The first-order valence-electron chi connectivity index (χ1n) is 19.1. The average molecular weight is 730 g/mol. The molecule has 0 bridgehead atoms. The molecule has 12 aromatic rings. The smallest absolute Gasteiger partial charge is 0.164 e. The summed E-state index contributed by atoms with van der Waals surface area (Å²) in [7, 11) is 0. The predicted octanol–water partition coefficient (Wildman–Crippen LogP) is 13.0. The van der Waals surface area contributed by atoms with Crippen LogP contribution in [0.1, 0.15) is 0 Å². The summed E-state index contributed by atoms with van der Waals surface area (Å²) in [5, 5.41) is 6.80. The van der Waals surface area contributed by atoms with Crippen LogP contribution in [0.5, 0.6) is 0 Å². The van der Waals surface area contributed by atoms with Gasteiger partial charge in [-0.05, 0) is 60.7 Å². The van der Waals surface area contributed by atoms with Gasteiger partial charge in [0.25, 0.3) is 0 Å². The van der Waals surface area contributed by atoms with Crippen LogP contribution in [-0.4, -0.2) is 24.1 Å². The average Bonchev–Trinajstić information content (AvgIpc) is 3.94. The van der Waals surface area contributed by atoms with Crippen LogP contribution in [0.4, 0.5) is 0 Å². The van der Waals surface area contributed by atoms with Gasteiger partial charge in [-0.2, -0.15) is 0 Å². The highest BCUT2D eigenvalue weighted by Gasteiger charge is 2.23. The van der Waals surface area contributed by atoms with E-state index in [9.17, 15) is 0 Å². The number of rotatable bonds is 5. The zero-order chi connectivity index (χ0) is 37.5. The Bertz CT molecular complexity index is 3400. The van der Waals surface area contributed by atoms with Gasteiger partial charge in [-0.3, -0.25) is 0 Å². The molecule has 4 aromatic heterocycles. The lowest BCUT2D eigenvalue weighted by molar-refractivity contribution is 0.669. The van der Waals surface area contributed by atoms with Crippen LogP contribution in [0, 0.1) is 0 Å². The lowest BCUT2D eigenvalue weighted by Gasteiger charge is -2.14. The molecule has 57 heavy (non-hydrogen) atoms. The third-order valence-electron chi connectivity index (χ3n) is 11.2. The van der Waals surface area contributed by atoms with Crippen LogP contribution >= 0.6 is 0 Å². The van der Waals surface area contributed by atoms with Crippen molar-refractivity contribution in [3.8, 4) is 45.5 Å². The number of benzene rings is 8. The van der Waals surface area contributed by atoms with Gasteiger partial charge in [-0.25, -0.2) is 15.0 Å². The molecule has 0 atom stereocenters. The number of aromatic nitrogens is 5. The predicted molar refractivity (Wildman–Crippen MR) is 232 cm³/mol. The Balaban J connectivity index is 1.17. The molecule has 6 nitrogen and oxygen atoms in total. The van der Waals surface area contributed by atoms with E-state index in [0.29, 0.717) is 17.5 Å². The SMILES string of the molecule is c1ccc(-c2nc(-c3ccccc3)nc(-c3ccc4oc5ccc6c(c7cccc(-n8c9ccccc9c9ccccc98)c7n6-c6ccccc6)c5c4c3)n2)cc1. The molecule has 0 amide bonds. The highest BCUT2D eigenvalue weighted by molar-refractivity contribution is 6.28. The Hall–Kier alpha value is -7.83. The zero-order valence-corrected chi connectivity index (χ0v) is 30.5. The number of furan rings is 1. The summed E-state index contributed by atoms with van der Waals surface area (Å²) >= 11 is 0. The Morgan fingerprint density at radius 3 is 1.54 bits per heavy atom. The van der Waals surface area contributed by atoms with E-state index in [-0.39, 0.29) is 0 Å². The van der Waals surface area contributed by atoms with Crippen LogP contribution in [-0.2, 0) is 0 Å². The van der Waals surface area contributed by atoms with Crippen molar-refractivity contribution in [3.05, 3.63) is 188 Å². The molecule has 0 radical (unpaired) electrons. The molecule has 0 N–H and O–H groups in total. The minimum atomic E-state index is 0.603. The van der Waals surface area contributed by atoms with Crippen LogP contribution in [0.2, 0.25) is 0 Å². The second-order valence-electron chi connectivity index (χ2n) is 14.4. The van der Waals surface area contributed by atoms with Crippen molar-refractivity contribution in [2.75, 3.05) is 0 Å². The molecule has 8 aromatic carbocycles. The standard InChI is InChI=1S/C51H31N5O/c1-4-15-32(16-5-1)49-52-50(33-17-6-2-7-18-33)54-51(53-49)34-27-29-44-39(31-34)47-45(57-44)30-28-42-46(47)38-23-14-26-43(48(38)55(42)35-19-8-3-9-20-35)56-40-24-12-10-21-36(40)37-22-11-13-25-41(37)56/h1-31H. The lowest BCUT2D eigenvalue weighted by Crippen LogP contribution is -2.00. The van der Waals surface area contributed by atoms with Crippen molar-refractivity contribution in [2.45, 2.75) is 0 Å². The van der Waals surface area contributed by atoms with Gasteiger partial charge in [0.05, 0.1) is 27.8 Å². The highest BCUT2D eigenvalue weighted by Crippen LogP contribution is 2.45. The Morgan fingerprint density at radius 1 is 0.351 bits per heavy atom. The fourth-order valence-corrected chi connectivity index (χ4v) is 8.69. The van der Waals surface area contributed by atoms with Crippen LogP contribution in [0.15, 0.2) is 192 Å². The molecule has 0 saturated heterocycles. The molecule has 0 fully saturated rings. The maximum atomic E-state index is 6.65. The second kappa shape index (κ2) is 12.3. The van der Waals surface area contributed by atoms with E-state index < -0.39 is 0 Å². The Morgan fingerprint density at radius 2 is 0.895 bits per heavy atom. The minimum absolute atomic E-state index is 0.603. The van der Waals surface area contributed by atoms with Gasteiger partial charge in [0.1, 0.15) is 11.2 Å². The fourth-order valence-electron chi connectivity index (χ4n) is 8.69. The summed E-state index contributed by atoms with van der Waals surface area (Å²) in [5.41, 5.74) is 11.1. The summed E-state index contributed by atoms with van der Waals surface area (Å²) in [5.74, 6) is 1.86. The van der Waals surface area contributed by atoms with Gasteiger partial charge in [0.15, 0.2) is 17.5 Å². The van der Waals surface area contributed by atoms with Crippen molar-refractivity contribution in [1.82, 2.24) is 24.1 Å². The molecule has 0 aliphatic carbocycles. The summed E-state index contributed by atoms with van der Waals surface area (Å²) in [4.78, 5) is 15.0. The highest BCUT2D eigenvalue weighted by atomic mass is 16.3. The first-order valence-corrected chi connectivity index (χ1v) is 19.1. The molecule has 0 spiro atoms. The summed E-state index contributed by atoms with van der Waals surface area (Å²) < 4.78 is 11.5.